The van der Waals surface area contributed by atoms with E-state index in [1.807, 2.05) is 18.7 Å². The van der Waals surface area contributed by atoms with Gasteiger partial charge in [0.2, 0.25) is 0 Å². The van der Waals surface area contributed by atoms with Crippen LogP contribution in [0.1, 0.15) is 57.3 Å². The number of rotatable bonds is 9. The van der Waals surface area contributed by atoms with E-state index in [0.717, 1.165) is 29.4 Å². The van der Waals surface area contributed by atoms with Crippen molar-refractivity contribution in [2.75, 3.05) is 6.54 Å². The van der Waals surface area contributed by atoms with E-state index >= 15 is 0 Å². The molecule has 0 amide bonds. The predicted molar refractivity (Wildman–Crippen MR) is 82.9 cm³/mol. The van der Waals surface area contributed by atoms with E-state index in [1.54, 1.807) is 0 Å². The molecule has 1 aromatic heterocycles. The molecule has 1 unspecified atom stereocenters. The van der Waals surface area contributed by atoms with Gasteiger partial charge < -0.3 is 5.32 Å². The maximum atomic E-state index is 6.33. The zero-order valence-electron chi connectivity index (χ0n) is 12.8. The fourth-order valence-electron chi connectivity index (χ4n) is 2.52. The predicted octanol–water partition coefficient (Wildman–Crippen LogP) is 3.87. The van der Waals surface area contributed by atoms with Gasteiger partial charge in [0.05, 0.1) is 16.4 Å². The van der Waals surface area contributed by atoms with Gasteiger partial charge in [-0.3, -0.25) is 4.68 Å². The molecular formula is C15H28ClN3. The molecule has 1 heterocycles. The van der Waals surface area contributed by atoms with E-state index in [2.05, 4.69) is 24.3 Å². The van der Waals surface area contributed by atoms with Crippen LogP contribution in [0.15, 0.2) is 0 Å². The highest BCUT2D eigenvalue weighted by atomic mass is 35.5. The van der Waals surface area contributed by atoms with Crippen LogP contribution in [0.5, 0.6) is 0 Å². The summed E-state index contributed by atoms with van der Waals surface area (Å²) >= 11 is 6.33. The number of aryl methyl sites for hydroxylation is 2. The lowest BCUT2D eigenvalue weighted by Crippen LogP contribution is -2.31. The van der Waals surface area contributed by atoms with Crippen LogP contribution in [0.4, 0.5) is 0 Å². The van der Waals surface area contributed by atoms with Gasteiger partial charge in [-0.25, -0.2) is 0 Å². The molecule has 0 bridgehead atoms. The summed E-state index contributed by atoms with van der Waals surface area (Å²) in [5.41, 5.74) is 2.08. The summed E-state index contributed by atoms with van der Waals surface area (Å²) in [5, 5.41) is 8.79. The van der Waals surface area contributed by atoms with Crippen molar-refractivity contribution in [2.45, 2.75) is 65.3 Å². The first-order valence-electron chi connectivity index (χ1n) is 7.51. The lowest BCUT2D eigenvalue weighted by atomic mass is 10.0. The van der Waals surface area contributed by atoms with Gasteiger partial charge in [-0.1, -0.05) is 51.1 Å². The Labute approximate surface area is 122 Å². The van der Waals surface area contributed by atoms with Crippen molar-refractivity contribution in [3.63, 3.8) is 0 Å². The molecule has 0 fully saturated rings. The zero-order chi connectivity index (χ0) is 14.3. The zero-order valence-corrected chi connectivity index (χ0v) is 13.6. The Morgan fingerprint density at radius 2 is 2.00 bits per heavy atom. The first-order chi connectivity index (χ1) is 9.10. The normalized spacial score (nSPS) is 12.9. The molecule has 19 heavy (non-hydrogen) atoms. The third-order valence-corrected chi connectivity index (χ3v) is 4.09. The third-order valence-electron chi connectivity index (χ3n) is 3.60. The molecule has 0 saturated carbocycles. The average Bonchev–Trinajstić information content (AvgIpc) is 2.61. The van der Waals surface area contributed by atoms with E-state index in [-0.39, 0.29) is 0 Å². The molecule has 1 rings (SSSR count). The Bertz CT molecular complexity index is 374. The summed E-state index contributed by atoms with van der Waals surface area (Å²) in [4.78, 5) is 0. The van der Waals surface area contributed by atoms with Crippen molar-refractivity contribution < 1.29 is 0 Å². The van der Waals surface area contributed by atoms with Gasteiger partial charge in [0.25, 0.3) is 0 Å². The number of aromatic nitrogens is 2. The molecule has 0 aromatic carbocycles. The van der Waals surface area contributed by atoms with Crippen LogP contribution < -0.4 is 5.32 Å². The highest BCUT2D eigenvalue weighted by Gasteiger charge is 2.16. The third kappa shape index (κ3) is 5.15. The standard InChI is InChI=1S/C15H28ClN3/c1-5-7-8-9-10-13(17-6-2)11-14-15(16)12(3)18-19(14)4/h13,17H,5-11H2,1-4H3. The fourth-order valence-corrected chi connectivity index (χ4v) is 2.75. The van der Waals surface area contributed by atoms with Crippen LogP contribution in [-0.2, 0) is 13.5 Å². The summed E-state index contributed by atoms with van der Waals surface area (Å²) < 4.78 is 1.92. The molecular weight excluding hydrogens is 258 g/mol. The Morgan fingerprint density at radius 1 is 1.26 bits per heavy atom. The maximum absolute atomic E-state index is 6.33. The van der Waals surface area contributed by atoms with Crippen molar-refractivity contribution in [1.82, 2.24) is 15.1 Å². The molecule has 3 nitrogen and oxygen atoms in total. The Balaban J connectivity index is 2.56. The SMILES string of the molecule is CCCCCCC(Cc1c(Cl)c(C)nn1C)NCC. The molecule has 4 heteroatoms. The lowest BCUT2D eigenvalue weighted by molar-refractivity contribution is 0.453. The molecule has 1 N–H and O–H groups in total. The molecule has 1 atom stereocenters. The minimum absolute atomic E-state index is 0.508. The summed E-state index contributed by atoms with van der Waals surface area (Å²) in [6.45, 7) is 7.39. The number of unbranched alkanes of at least 4 members (excludes halogenated alkanes) is 3. The summed E-state index contributed by atoms with van der Waals surface area (Å²) in [6.07, 6.45) is 7.43. The Hall–Kier alpha value is -0.540. The minimum Gasteiger partial charge on any atom is -0.314 e. The van der Waals surface area contributed by atoms with Crippen LogP contribution in [-0.4, -0.2) is 22.4 Å². The smallest absolute Gasteiger partial charge is 0.0847 e. The molecule has 0 radical (unpaired) electrons. The van der Waals surface area contributed by atoms with Crippen molar-refractivity contribution in [2.24, 2.45) is 7.05 Å². The molecule has 1 aromatic rings. The monoisotopic (exact) mass is 285 g/mol. The second kappa shape index (κ2) is 8.60. The summed E-state index contributed by atoms with van der Waals surface area (Å²) in [5.74, 6) is 0. The van der Waals surface area contributed by atoms with Crippen LogP contribution in [0.2, 0.25) is 5.02 Å². The van der Waals surface area contributed by atoms with E-state index in [9.17, 15) is 0 Å². The molecule has 110 valence electrons. The number of nitrogens with zero attached hydrogens (tertiary/aromatic N) is 2. The van der Waals surface area contributed by atoms with Crippen molar-refractivity contribution >= 4 is 11.6 Å². The van der Waals surface area contributed by atoms with Crippen LogP contribution in [0.25, 0.3) is 0 Å². The van der Waals surface area contributed by atoms with Gasteiger partial charge >= 0.3 is 0 Å². The first kappa shape index (κ1) is 16.5. The molecule has 0 aliphatic carbocycles. The molecule has 0 aliphatic heterocycles. The number of hydrogen-bond acceptors (Lipinski definition) is 2. The van der Waals surface area contributed by atoms with Crippen LogP contribution in [0, 0.1) is 6.92 Å². The van der Waals surface area contributed by atoms with E-state index < -0.39 is 0 Å². The molecule has 0 saturated heterocycles. The van der Waals surface area contributed by atoms with Crippen molar-refractivity contribution in [1.29, 1.82) is 0 Å². The van der Waals surface area contributed by atoms with E-state index in [4.69, 9.17) is 11.6 Å². The number of likely N-dealkylation sites (N-methyl/N-ethyl adjacent to an activating group) is 1. The molecule has 0 spiro atoms. The summed E-state index contributed by atoms with van der Waals surface area (Å²) in [6, 6.07) is 0.508. The highest BCUT2D eigenvalue weighted by Crippen LogP contribution is 2.22. The van der Waals surface area contributed by atoms with Crippen LogP contribution in [0.3, 0.4) is 0 Å². The maximum Gasteiger partial charge on any atom is 0.0847 e. The minimum atomic E-state index is 0.508. The fraction of sp³-hybridized carbons (Fsp3) is 0.800. The highest BCUT2D eigenvalue weighted by molar-refractivity contribution is 6.31. The number of nitrogens with one attached hydrogen (secondary N) is 1. The van der Waals surface area contributed by atoms with Gasteiger partial charge in [0.15, 0.2) is 0 Å². The van der Waals surface area contributed by atoms with E-state index in [0.29, 0.717) is 6.04 Å². The van der Waals surface area contributed by atoms with Gasteiger partial charge in [0, 0.05) is 19.5 Å². The van der Waals surface area contributed by atoms with Gasteiger partial charge in [0.1, 0.15) is 0 Å². The van der Waals surface area contributed by atoms with Gasteiger partial charge in [-0.15, -0.1) is 0 Å². The average molecular weight is 286 g/mol. The Kier molecular flexibility index (Phi) is 7.47. The number of hydrogen-bond donors (Lipinski definition) is 1. The van der Waals surface area contributed by atoms with E-state index in [1.165, 1.54) is 32.1 Å². The molecule has 0 aliphatic rings. The van der Waals surface area contributed by atoms with Gasteiger partial charge in [-0.05, 0) is 19.9 Å². The second-order valence-corrected chi connectivity index (χ2v) is 5.66. The van der Waals surface area contributed by atoms with Crippen molar-refractivity contribution in [3.05, 3.63) is 16.4 Å². The largest absolute Gasteiger partial charge is 0.314 e. The number of halogens is 1. The second-order valence-electron chi connectivity index (χ2n) is 5.28. The van der Waals surface area contributed by atoms with Crippen LogP contribution >= 0.6 is 11.6 Å². The Morgan fingerprint density at radius 3 is 2.53 bits per heavy atom. The first-order valence-corrected chi connectivity index (χ1v) is 7.89. The van der Waals surface area contributed by atoms with Crippen molar-refractivity contribution in [3.8, 4) is 0 Å². The van der Waals surface area contributed by atoms with Gasteiger partial charge in [-0.2, -0.15) is 5.10 Å². The topological polar surface area (TPSA) is 29.9 Å². The summed E-state index contributed by atoms with van der Waals surface area (Å²) in [7, 11) is 1.98. The quantitative estimate of drug-likeness (QED) is 0.698. The lowest BCUT2D eigenvalue weighted by Gasteiger charge is -2.18.